The Labute approximate surface area is 192 Å². The van der Waals surface area contributed by atoms with E-state index in [1.807, 2.05) is 49.0 Å². The first-order chi connectivity index (χ1) is 15.5. The maximum absolute atomic E-state index is 13.5. The molecule has 1 aliphatic rings. The summed E-state index contributed by atoms with van der Waals surface area (Å²) in [6, 6.07) is 18.3. The van der Waals surface area contributed by atoms with Crippen LogP contribution in [0.2, 0.25) is 0 Å². The summed E-state index contributed by atoms with van der Waals surface area (Å²) in [6.45, 7) is 6.18. The normalized spacial score (nSPS) is 16.4. The largest absolute Gasteiger partial charge is 0.484 e. The Morgan fingerprint density at radius 3 is 2.66 bits per heavy atom. The molecule has 0 saturated carbocycles. The highest BCUT2D eigenvalue weighted by Gasteiger charge is 2.27. The molecule has 0 bridgehead atoms. The zero-order valence-electron chi connectivity index (χ0n) is 18.6. The van der Waals surface area contributed by atoms with Crippen LogP contribution in [-0.2, 0) is 20.1 Å². The first-order valence-corrected chi connectivity index (χ1v) is 11.8. The molecule has 164 valence electrons. The van der Waals surface area contributed by atoms with Gasteiger partial charge in [-0.25, -0.2) is 4.68 Å². The summed E-state index contributed by atoms with van der Waals surface area (Å²) in [6.07, 6.45) is -0.0643. The quantitative estimate of drug-likeness (QED) is 0.444. The number of para-hydroxylation sites is 1. The second-order valence-corrected chi connectivity index (χ2v) is 9.26. The Morgan fingerprint density at radius 1 is 1.09 bits per heavy atom. The molecule has 1 aliphatic heterocycles. The fourth-order valence-corrected chi connectivity index (χ4v) is 5.16. The number of hydrogen-bond acceptors (Lipinski definition) is 4. The summed E-state index contributed by atoms with van der Waals surface area (Å²) in [7, 11) is 1.95. The van der Waals surface area contributed by atoms with Crippen molar-refractivity contribution in [3.63, 3.8) is 0 Å². The number of aromatic nitrogens is 2. The summed E-state index contributed by atoms with van der Waals surface area (Å²) in [4.78, 5) is 15.8. The van der Waals surface area contributed by atoms with Crippen molar-refractivity contribution in [3.8, 4) is 11.4 Å². The van der Waals surface area contributed by atoms with Crippen molar-refractivity contribution in [2.45, 2.75) is 33.0 Å². The monoisotopic (exact) mass is 445 g/mol. The molecule has 5 nitrogen and oxygen atoms in total. The van der Waals surface area contributed by atoms with Gasteiger partial charge >= 0.3 is 0 Å². The third-order valence-corrected chi connectivity index (χ3v) is 6.97. The standard InChI is InChI=1S/C26H27N3O2S/c1-18-9-10-24-21(13-18)14-28(16-25(31-24)20-11-12-32-17-20)15-23-19(2)27(3)29(26(23)30)22-7-5-4-6-8-22/h4-13,17,25H,14-16H2,1-3H3. The topological polar surface area (TPSA) is 39.4 Å². The van der Waals surface area contributed by atoms with E-state index in [4.69, 9.17) is 4.74 Å². The van der Waals surface area contributed by atoms with Crippen LogP contribution in [0, 0.1) is 13.8 Å². The fourth-order valence-electron chi connectivity index (χ4n) is 4.46. The van der Waals surface area contributed by atoms with Crippen LogP contribution in [0.3, 0.4) is 0 Å². The molecule has 1 unspecified atom stereocenters. The molecule has 32 heavy (non-hydrogen) atoms. The van der Waals surface area contributed by atoms with Crippen LogP contribution in [0.15, 0.2) is 70.2 Å². The van der Waals surface area contributed by atoms with Crippen molar-refractivity contribution in [2.75, 3.05) is 6.54 Å². The zero-order valence-corrected chi connectivity index (χ0v) is 19.4. The second kappa shape index (κ2) is 8.45. The molecule has 3 heterocycles. The maximum atomic E-state index is 13.5. The third kappa shape index (κ3) is 3.80. The number of rotatable bonds is 4. The molecule has 4 aromatic rings. The first-order valence-electron chi connectivity index (χ1n) is 10.8. The predicted molar refractivity (Wildman–Crippen MR) is 129 cm³/mol. The number of fused-ring (bicyclic) bond motifs is 1. The lowest BCUT2D eigenvalue weighted by Crippen LogP contribution is -2.30. The van der Waals surface area contributed by atoms with E-state index >= 15 is 0 Å². The van der Waals surface area contributed by atoms with Crippen LogP contribution in [0.1, 0.15) is 34.1 Å². The summed E-state index contributed by atoms with van der Waals surface area (Å²) in [5.74, 6) is 0.931. The number of benzene rings is 2. The lowest BCUT2D eigenvalue weighted by Gasteiger charge is -2.23. The van der Waals surface area contributed by atoms with Crippen molar-refractivity contribution < 1.29 is 4.74 Å². The lowest BCUT2D eigenvalue weighted by atomic mass is 10.1. The van der Waals surface area contributed by atoms with E-state index in [2.05, 4.69) is 46.8 Å². The Balaban J connectivity index is 1.52. The van der Waals surface area contributed by atoms with E-state index in [9.17, 15) is 4.79 Å². The lowest BCUT2D eigenvalue weighted by molar-refractivity contribution is 0.144. The van der Waals surface area contributed by atoms with Crippen LogP contribution >= 0.6 is 11.3 Å². The van der Waals surface area contributed by atoms with Crippen LogP contribution in [-0.4, -0.2) is 20.8 Å². The van der Waals surface area contributed by atoms with Crippen molar-refractivity contribution >= 4 is 11.3 Å². The van der Waals surface area contributed by atoms with E-state index in [1.54, 1.807) is 16.0 Å². The SMILES string of the molecule is Cc1ccc2c(c1)CN(Cc1c(C)n(C)n(-c3ccccc3)c1=O)CC(c1ccsc1)O2. The second-order valence-electron chi connectivity index (χ2n) is 8.48. The Bertz CT molecular complexity index is 1290. The number of nitrogens with zero attached hydrogens (tertiary/aromatic N) is 3. The zero-order chi connectivity index (χ0) is 22.2. The van der Waals surface area contributed by atoms with Gasteiger partial charge in [-0.2, -0.15) is 11.3 Å². The van der Waals surface area contributed by atoms with Crippen molar-refractivity contribution in [2.24, 2.45) is 7.05 Å². The van der Waals surface area contributed by atoms with Gasteiger partial charge in [0.2, 0.25) is 0 Å². The molecule has 6 heteroatoms. The van der Waals surface area contributed by atoms with Crippen molar-refractivity contribution in [1.82, 2.24) is 14.3 Å². The molecule has 1 atom stereocenters. The number of ether oxygens (including phenoxy) is 1. The Morgan fingerprint density at radius 2 is 1.91 bits per heavy atom. The third-order valence-electron chi connectivity index (χ3n) is 6.27. The smallest absolute Gasteiger partial charge is 0.276 e. The van der Waals surface area contributed by atoms with Crippen LogP contribution in [0.4, 0.5) is 0 Å². The summed E-state index contributed by atoms with van der Waals surface area (Å²) in [5, 5.41) is 4.24. The van der Waals surface area contributed by atoms with Crippen LogP contribution < -0.4 is 10.3 Å². The molecule has 0 fully saturated rings. The van der Waals surface area contributed by atoms with Crippen molar-refractivity contribution in [1.29, 1.82) is 0 Å². The summed E-state index contributed by atoms with van der Waals surface area (Å²) >= 11 is 1.68. The minimum atomic E-state index is -0.0643. The van der Waals surface area contributed by atoms with E-state index in [-0.39, 0.29) is 11.7 Å². The van der Waals surface area contributed by atoms with Gasteiger partial charge in [-0.05, 0) is 48.9 Å². The molecular weight excluding hydrogens is 418 g/mol. The van der Waals surface area contributed by atoms with Crippen LogP contribution in [0.25, 0.3) is 5.69 Å². The maximum Gasteiger partial charge on any atom is 0.276 e. The first kappa shape index (κ1) is 20.8. The minimum Gasteiger partial charge on any atom is -0.484 e. The Hall–Kier alpha value is -3.09. The molecular formula is C26H27N3O2S. The molecule has 0 saturated heterocycles. The summed E-state index contributed by atoms with van der Waals surface area (Å²) in [5.41, 5.74) is 6.30. The predicted octanol–water partition coefficient (Wildman–Crippen LogP) is 4.99. The van der Waals surface area contributed by atoms with Gasteiger partial charge in [-0.15, -0.1) is 0 Å². The van der Waals surface area contributed by atoms with Gasteiger partial charge < -0.3 is 4.74 Å². The van der Waals surface area contributed by atoms with Gasteiger partial charge in [0.1, 0.15) is 11.9 Å². The Kier molecular flexibility index (Phi) is 5.49. The van der Waals surface area contributed by atoms with E-state index < -0.39 is 0 Å². The molecule has 2 aromatic heterocycles. The fraction of sp³-hybridized carbons (Fsp3) is 0.269. The highest BCUT2D eigenvalue weighted by Crippen LogP contribution is 2.33. The number of thiophene rings is 1. The average Bonchev–Trinajstić information content (AvgIpc) is 3.34. The molecule has 0 radical (unpaired) electrons. The summed E-state index contributed by atoms with van der Waals surface area (Å²) < 4.78 is 10.2. The average molecular weight is 446 g/mol. The van der Waals surface area contributed by atoms with Gasteiger partial charge in [-0.3, -0.25) is 14.4 Å². The molecule has 2 aromatic carbocycles. The van der Waals surface area contributed by atoms with E-state index in [0.29, 0.717) is 6.54 Å². The molecule has 0 spiro atoms. The number of aryl methyl sites for hydroxylation is 1. The highest BCUT2D eigenvalue weighted by molar-refractivity contribution is 7.07. The van der Waals surface area contributed by atoms with Crippen molar-refractivity contribution in [3.05, 3.63) is 104 Å². The molecule has 0 aliphatic carbocycles. The van der Waals surface area contributed by atoms with E-state index in [1.165, 1.54) is 16.7 Å². The minimum absolute atomic E-state index is 0.0397. The molecule has 0 amide bonds. The van der Waals surface area contributed by atoms with Gasteiger partial charge in [0.25, 0.3) is 5.56 Å². The molecule has 0 N–H and O–H groups in total. The van der Waals surface area contributed by atoms with Gasteiger partial charge in [0, 0.05) is 43.5 Å². The highest BCUT2D eigenvalue weighted by atomic mass is 32.1. The molecule has 5 rings (SSSR count). The van der Waals surface area contributed by atoms with Gasteiger partial charge in [-0.1, -0.05) is 35.9 Å². The van der Waals surface area contributed by atoms with Gasteiger partial charge in [0.05, 0.1) is 11.3 Å². The van der Waals surface area contributed by atoms with Gasteiger partial charge in [0.15, 0.2) is 0 Å². The van der Waals surface area contributed by atoms with E-state index in [0.717, 1.165) is 35.8 Å². The van der Waals surface area contributed by atoms with Crippen LogP contribution in [0.5, 0.6) is 5.75 Å². The number of hydrogen-bond donors (Lipinski definition) is 0.